The fourth-order valence-electron chi connectivity index (χ4n) is 2.27. The van der Waals surface area contributed by atoms with Crippen LogP contribution >= 0.6 is 0 Å². The average molecular weight is 307 g/mol. The highest BCUT2D eigenvalue weighted by atomic mass is 16.6. The van der Waals surface area contributed by atoms with Gasteiger partial charge in [0, 0.05) is 0 Å². The van der Waals surface area contributed by atoms with E-state index >= 15 is 0 Å². The van der Waals surface area contributed by atoms with E-state index in [9.17, 15) is 14.9 Å². The molecular weight excluding hydrogens is 290 g/mol. The molecule has 0 unspecified atom stereocenters. The van der Waals surface area contributed by atoms with E-state index in [4.69, 9.17) is 10.00 Å². The molecule has 1 aromatic rings. The van der Waals surface area contributed by atoms with E-state index in [0.717, 1.165) is 6.20 Å². The highest BCUT2D eigenvalue weighted by Crippen LogP contribution is 2.34. The van der Waals surface area contributed by atoms with Crippen LogP contribution in [0, 0.1) is 21.4 Å². The van der Waals surface area contributed by atoms with E-state index in [1.807, 2.05) is 6.07 Å². The van der Waals surface area contributed by atoms with Crippen molar-refractivity contribution >= 4 is 11.8 Å². The molecule has 0 spiro atoms. The number of nitro groups is 1. The number of ether oxygens (including phenoxy) is 1. The summed E-state index contributed by atoms with van der Waals surface area (Å²) in [5.41, 5.74) is -1.48. The summed E-state index contributed by atoms with van der Waals surface area (Å²) in [6.07, 6.45) is 2.05. The van der Waals surface area contributed by atoms with Crippen LogP contribution in [-0.2, 0) is 10.3 Å². The first kappa shape index (κ1) is 15.8. The van der Waals surface area contributed by atoms with E-state index in [2.05, 4.69) is 5.10 Å². The molecule has 0 N–H and O–H groups in total. The first-order chi connectivity index (χ1) is 10.2. The van der Waals surface area contributed by atoms with Crippen LogP contribution in [0.2, 0.25) is 0 Å². The molecule has 9 heteroatoms. The number of hydrogen-bond acceptors (Lipinski definition) is 6. The zero-order valence-corrected chi connectivity index (χ0v) is 12.6. The largest absolute Gasteiger partial charge is 0.444 e. The fraction of sp³-hybridized carbons (Fsp3) is 0.615. The number of hydrogen-bond donors (Lipinski definition) is 0. The Morgan fingerprint density at radius 2 is 2.23 bits per heavy atom. The van der Waals surface area contributed by atoms with Crippen LogP contribution in [0.1, 0.15) is 27.2 Å². The summed E-state index contributed by atoms with van der Waals surface area (Å²) >= 11 is 0. The Morgan fingerprint density at radius 1 is 1.59 bits per heavy atom. The monoisotopic (exact) mass is 307 g/mol. The lowest BCUT2D eigenvalue weighted by atomic mass is 9.87. The van der Waals surface area contributed by atoms with E-state index < -0.39 is 22.2 Å². The molecule has 118 valence electrons. The van der Waals surface area contributed by atoms with Gasteiger partial charge < -0.3 is 9.64 Å². The number of likely N-dealkylation sites (tertiary alicyclic amines) is 1. The van der Waals surface area contributed by atoms with Crippen LogP contribution in [0.25, 0.3) is 0 Å². The summed E-state index contributed by atoms with van der Waals surface area (Å²) in [5.74, 6) is 0. The van der Waals surface area contributed by atoms with Crippen molar-refractivity contribution < 1.29 is 14.5 Å². The van der Waals surface area contributed by atoms with Crippen LogP contribution in [0.15, 0.2) is 12.4 Å². The standard InChI is InChI=1S/C13H17N5O4/c1-12(2,3)22-11(19)16-8-13(9-16,4-5-14)17-7-10(6-15-17)18(20)21/h6-7H,4,8-9H2,1-3H3. The SMILES string of the molecule is CC(C)(C)OC(=O)N1CC(CC#N)(n2cc([N+](=O)[O-])cn2)C1. The van der Waals surface area contributed by atoms with Gasteiger partial charge in [0.05, 0.1) is 30.5 Å². The van der Waals surface area contributed by atoms with E-state index in [0.29, 0.717) is 0 Å². The maximum Gasteiger partial charge on any atom is 0.410 e. The molecule has 1 aromatic heterocycles. The van der Waals surface area contributed by atoms with Crippen molar-refractivity contribution in [2.75, 3.05) is 13.1 Å². The zero-order chi connectivity index (χ0) is 16.5. The van der Waals surface area contributed by atoms with Crippen LogP contribution in [0.4, 0.5) is 10.5 Å². The molecular formula is C13H17N5O4. The van der Waals surface area contributed by atoms with Crippen molar-refractivity contribution in [3.05, 3.63) is 22.5 Å². The van der Waals surface area contributed by atoms with Gasteiger partial charge in [0.1, 0.15) is 23.5 Å². The molecule has 22 heavy (non-hydrogen) atoms. The number of nitrogens with zero attached hydrogens (tertiary/aromatic N) is 5. The number of amides is 1. The lowest BCUT2D eigenvalue weighted by Gasteiger charge is -2.48. The molecule has 0 radical (unpaired) electrons. The number of rotatable bonds is 3. The van der Waals surface area contributed by atoms with Gasteiger partial charge in [-0.15, -0.1) is 0 Å². The molecule has 0 bridgehead atoms. The number of carbonyl (C=O) groups is 1. The third-order valence-corrected chi connectivity index (χ3v) is 3.30. The van der Waals surface area contributed by atoms with Crippen molar-refractivity contribution in [3.8, 4) is 6.07 Å². The van der Waals surface area contributed by atoms with Gasteiger partial charge in [-0.05, 0) is 20.8 Å². The Balaban J connectivity index is 2.12. The topological polar surface area (TPSA) is 114 Å². The quantitative estimate of drug-likeness (QED) is 0.619. The van der Waals surface area contributed by atoms with Crippen LogP contribution in [-0.4, -0.2) is 44.4 Å². The molecule has 1 aliphatic heterocycles. The summed E-state index contributed by atoms with van der Waals surface area (Å²) in [6.45, 7) is 5.76. The van der Waals surface area contributed by atoms with Crippen LogP contribution in [0.5, 0.6) is 0 Å². The van der Waals surface area contributed by atoms with Crippen LogP contribution < -0.4 is 0 Å². The molecule has 2 heterocycles. The van der Waals surface area contributed by atoms with Gasteiger partial charge in [0.25, 0.3) is 0 Å². The average Bonchev–Trinajstić information content (AvgIpc) is 2.80. The molecule has 0 aliphatic carbocycles. The lowest BCUT2D eigenvalue weighted by molar-refractivity contribution is -0.385. The predicted molar refractivity (Wildman–Crippen MR) is 74.9 cm³/mol. The molecule has 1 fully saturated rings. The number of aromatic nitrogens is 2. The third kappa shape index (κ3) is 3.00. The number of carbonyl (C=O) groups excluding carboxylic acids is 1. The Labute approximate surface area is 127 Å². The fourth-order valence-corrected chi connectivity index (χ4v) is 2.27. The summed E-state index contributed by atoms with van der Waals surface area (Å²) in [4.78, 5) is 23.6. The van der Waals surface area contributed by atoms with Gasteiger partial charge in [-0.3, -0.25) is 14.8 Å². The third-order valence-electron chi connectivity index (χ3n) is 3.30. The van der Waals surface area contributed by atoms with Crippen molar-refractivity contribution in [1.82, 2.24) is 14.7 Å². The Bertz CT molecular complexity index is 634. The molecule has 0 saturated carbocycles. The van der Waals surface area contributed by atoms with Gasteiger partial charge in [0.15, 0.2) is 0 Å². The molecule has 0 atom stereocenters. The van der Waals surface area contributed by atoms with Gasteiger partial charge in [0.2, 0.25) is 0 Å². The Morgan fingerprint density at radius 3 is 2.68 bits per heavy atom. The molecule has 1 aliphatic rings. The molecule has 1 amide bonds. The lowest BCUT2D eigenvalue weighted by Crippen LogP contribution is -2.64. The van der Waals surface area contributed by atoms with Crippen molar-refractivity contribution in [1.29, 1.82) is 5.26 Å². The minimum absolute atomic E-state index is 0.102. The Hall–Kier alpha value is -2.63. The first-order valence-electron chi connectivity index (χ1n) is 6.71. The normalized spacial score (nSPS) is 16.5. The van der Waals surface area contributed by atoms with Crippen molar-refractivity contribution in [3.63, 3.8) is 0 Å². The first-order valence-corrected chi connectivity index (χ1v) is 6.71. The molecule has 2 rings (SSSR count). The summed E-state index contributed by atoms with van der Waals surface area (Å²) in [7, 11) is 0. The molecule has 9 nitrogen and oxygen atoms in total. The van der Waals surface area contributed by atoms with E-state index in [-0.39, 0.29) is 25.2 Å². The highest BCUT2D eigenvalue weighted by Gasteiger charge is 2.49. The van der Waals surface area contributed by atoms with Gasteiger partial charge in [-0.2, -0.15) is 10.4 Å². The maximum atomic E-state index is 12.0. The minimum atomic E-state index is -0.736. The Kier molecular flexibility index (Phi) is 3.79. The highest BCUT2D eigenvalue weighted by molar-refractivity contribution is 5.69. The predicted octanol–water partition coefficient (Wildman–Crippen LogP) is 1.65. The minimum Gasteiger partial charge on any atom is -0.444 e. The maximum absolute atomic E-state index is 12.0. The van der Waals surface area contributed by atoms with Crippen molar-refractivity contribution in [2.24, 2.45) is 0 Å². The van der Waals surface area contributed by atoms with Gasteiger partial charge >= 0.3 is 11.8 Å². The summed E-state index contributed by atoms with van der Waals surface area (Å²) in [6, 6.07) is 2.05. The summed E-state index contributed by atoms with van der Waals surface area (Å²) < 4.78 is 6.66. The number of nitriles is 1. The van der Waals surface area contributed by atoms with Crippen LogP contribution in [0.3, 0.4) is 0 Å². The zero-order valence-electron chi connectivity index (χ0n) is 12.6. The van der Waals surface area contributed by atoms with Crippen molar-refractivity contribution in [2.45, 2.75) is 38.3 Å². The second kappa shape index (κ2) is 5.29. The van der Waals surface area contributed by atoms with E-state index in [1.165, 1.54) is 15.8 Å². The molecule has 1 saturated heterocycles. The second-order valence-corrected chi connectivity index (χ2v) is 6.30. The van der Waals surface area contributed by atoms with Gasteiger partial charge in [-0.1, -0.05) is 0 Å². The second-order valence-electron chi connectivity index (χ2n) is 6.30. The smallest absolute Gasteiger partial charge is 0.410 e. The van der Waals surface area contributed by atoms with Gasteiger partial charge in [-0.25, -0.2) is 4.79 Å². The molecule has 0 aromatic carbocycles. The van der Waals surface area contributed by atoms with E-state index in [1.54, 1.807) is 20.8 Å². The summed E-state index contributed by atoms with van der Waals surface area (Å²) in [5, 5.41) is 23.7.